The SMILES string of the molecule is O=C(c1ccc(COc2ccc3c(c2)CCN(C2CCCC2)CC3)cc1)N1CCN(c2ccc(F)cc2)CC1. The van der Waals surface area contributed by atoms with Crippen LogP contribution in [0.5, 0.6) is 5.75 Å². The van der Waals surface area contributed by atoms with Gasteiger partial charge in [0.2, 0.25) is 0 Å². The van der Waals surface area contributed by atoms with E-state index in [1.165, 1.54) is 55.5 Å². The first kappa shape index (κ1) is 25.9. The Balaban J connectivity index is 0.999. The van der Waals surface area contributed by atoms with Gasteiger partial charge in [-0.25, -0.2) is 4.39 Å². The number of hydrogen-bond acceptors (Lipinski definition) is 4. The molecule has 2 fully saturated rings. The van der Waals surface area contributed by atoms with Gasteiger partial charge in [0.05, 0.1) is 0 Å². The van der Waals surface area contributed by atoms with Gasteiger partial charge in [-0.2, -0.15) is 0 Å². The molecule has 39 heavy (non-hydrogen) atoms. The molecule has 0 bridgehead atoms. The maximum absolute atomic E-state index is 13.2. The second-order valence-corrected chi connectivity index (χ2v) is 11.1. The van der Waals surface area contributed by atoms with Crippen molar-refractivity contribution in [1.29, 1.82) is 0 Å². The standard InChI is InChI=1S/C33H38FN3O2/c34-29-10-12-31(13-11-29)36-19-21-37(22-20-36)33(38)27-7-5-25(6-8-27)24-39-32-14-9-26-15-17-35(18-16-28(26)23-32)30-3-1-2-4-30/h5-14,23,30H,1-4,15-22,24H2. The molecule has 0 radical (unpaired) electrons. The minimum Gasteiger partial charge on any atom is -0.489 e. The van der Waals surface area contributed by atoms with E-state index in [4.69, 9.17) is 4.74 Å². The number of nitrogens with zero attached hydrogens (tertiary/aromatic N) is 3. The van der Waals surface area contributed by atoms with Crippen molar-refractivity contribution in [3.05, 3.63) is 94.8 Å². The highest BCUT2D eigenvalue weighted by atomic mass is 19.1. The molecule has 0 N–H and O–H groups in total. The first-order valence-electron chi connectivity index (χ1n) is 14.5. The van der Waals surface area contributed by atoms with E-state index < -0.39 is 0 Å². The summed E-state index contributed by atoms with van der Waals surface area (Å²) >= 11 is 0. The van der Waals surface area contributed by atoms with Crippen LogP contribution in [-0.2, 0) is 19.4 Å². The molecule has 1 saturated heterocycles. The summed E-state index contributed by atoms with van der Waals surface area (Å²) in [5.74, 6) is 0.742. The summed E-state index contributed by atoms with van der Waals surface area (Å²) in [6.45, 7) is 5.59. The molecule has 3 aromatic carbocycles. The summed E-state index contributed by atoms with van der Waals surface area (Å²) < 4.78 is 19.4. The quantitative estimate of drug-likeness (QED) is 0.412. The van der Waals surface area contributed by atoms with Gasteiger partial charge in [0.1, 0.15) is 18.2 Å². The molecule has 0 aromatic heterocycles. The molecule has 3 aliphatic rings. The van der Waals surface area contributed by atoms with Crippen LogP contribution in [0.25, 0.3) is 0 Å². The number of anilines is 1. The molecule has 6 rings (SSSR count). The van der Waals surface area contributed by atoms with Gasteiger partial charge in [-0.3, -0.25) is 9.69 Å². The molecular weight excluding hydrogens is 489 g/mol. The van der Waals surface area contributed by atoms with Gasteiger partial charge >= 0.3 is 0 Å². The fourth-order valence-electron chi connectivity index (χ4n) is 6.36. The third-order valence-corrected chi connectivity index (χ3v) is 8.72. The van der Waals surface area contributed by atoms with Crippen LogP contribution in [-0.4, -0.2) is 61.0 Å². The van der Waals surface area contributed by atoms with Crippen LogP contribution in [0.1, 0.15) is 52.7 Å². The van der Waals surface area contributed by atoms with Crippen molar-refractivity contribution in [1.82, 2.24) is 9.80 Å². The molecule has 1 saturated carbocycles. The number of fused-ring (bicyclic) bond motifs is 1. The van der Waals surface area contributed by atoms with E-state index in [1.54, 1.807) is 12.1 Å². The zero-order valence-corrected chi connectivity index (χ0v) is 22.7. The average molecular weight is 528 g/mol. The summed E-state index contributed by atoms with van der Waals surface area (Å²) in [6.07, 6.45) is 7.72. The summed E-state index contributed by atoms with van der Waals surface area (Å²) in [4.78, 5) is 19.9. The number of carbonyl (C=O) groups is 1. The zero-order valence-electron chi connectivity index (χ0n) is 22.7. The minimum absolute atomic E-state index is 0.0543. The third kappa shape index (κ3) is 6.11. The predicted octanol–water partition coefficient (Wildman–Crippen LogP) is 5.71. The fraction of sp³-hybridized carbons (Fsp3) is 0.424. The lowest BCUT2D eigenvalue weighted by Gasteiger charge is -2.36. The number of hydrogen-bond donors (Lipinski definition) is 0. The van der Waals surface area contributed by atoms with Crippen LogP contribution in [0, 0.1) is 5.82 Å². The van der Waals surface area contributed by atoms with Gasteiger partial charge in [0, 0.05) is 56.6 Å². The minimum atomic E-state index is -0.231. The Bertz CT molecular complexity index is 1260. The van der Waals surface area contributed by atoms with Crippen LogP contribution in [0.3, 0.4) is 0 Å². The number of rotatable bonds is 6. The molecule has 0 atom stereocenters. The first-order chi connectivity index (χ1) is 19.1. The number of amides is 1. The van der Waals surface area contributed by atoms with Crippen molar-refractivity contribution in [3.63, 3.8) is 0 Å². The molecule has 6 heteroatoms. The van der Waals surface area contributed by atoms with Crippen molar-refractivity contribution in [2.45, 2.75) is 51.2 Å². The van der Waals surface area contributed by atoms with E-state index >= 15 is 0 Å². The summed E-state index contributed by atoms with van der Waals surface area (Å²) in [6, 6.07) is 21.7. The second-order valence-electron chi connectivity index (χ2n) is 11.1. The Morgan fingerprint density at radius 2 is 1.49 bits per heavy atom. The number of ether oxygens (including phenoxy) is 1. The third-order valence-electron chi connectivity index (χ3n) is 8.72. The van der Waals surface area contributed by atoms with Gasteiger partial charge < -0.3 is 14.5 Å². The molecule has 3 aromatic rings. The highest BCUT2D eigenvalue weighted by Crippen LogP contribution is 2.28. The number of benzene rings is 3. The van der Waals surface area contributed by atoms with Crippen LogP contribution in [0.2, 0.25) is 0 Å². The molecule has 0 spiro atoms. The molecule has 1 aliphatic carbocycles. The van der Waals surface area contributed by atoms with Gasteiger partial charge in [-0.05, 0) is 90.9 Å². The number of halogens is 1. The smallest absolute Gasteiger partial charge is 0.253 e. The average Bonchev–Trinajstić information content (AvgIpc) is 3.44. The monoisotopic (exact) mass is 527 g/mol. The highest BCUT2D eigenvalue weighted by molar-refractivity contribution is 5.94. The molecule has 0 unspecified atom stereocenters. The lowest BCUT2D eigenvalue weighted by atomic mass is 10.0. The van der Waals surface area contributed by atoms with Gasteiger partial charge in [0.15, 0.2) is 0 Å². The van der Waals surface area contributed by atoms with E-state index in [9.17, 15) is 9.18 Å². The highest BCUT2D eigenvalue weighted by Gasteiger charge is 2.25. The Morgan fingerprint density at radius 1 is 0.795 bits per heavy atom. The van der Waals surface area contributed by atoms with Gasteiger partial charge in [-0.15, -0.1) is 0 Å². The summed E-state index contributed by atoms with van der Waals surface area (Å²) in [5.41, 5.74) is 5.63. The van der Waals surface area contributed by atoms with Crippen molar-refractivity contribution >= 4 is 11.6 Å². The normalized spacial score (nSPS) is 18.6. The Hall–Kier alpha value is -3.38. The van der Waals surface area contributed by atoms with E-state index in [1.807, 2.05) is 29.2 Å². The van der Waals surface area contributed by atoms with Crippen LogP contribution in [0.15, 0.2) is 66.7 Å². The largest absolute Gasteiger partial charge is 0.489 e. The molecule has 204 valence electrons. The summed E-state index contributed by atoms with van der Waals surface area (Å²) in [7, 11) is 0. The van der Waals surface area contributed by atoms with Crippen LogP contribution < -0.4 is 9.64 Å². The van der Waals surface area contributed by atoms with Crippen molar-refractivity contribution in [2.75, 3.05) is 44.2 Å². The molecular formula is C33H38FN3O2. The zero-order chi connectivity index (χ0) is 26.6. The molecule has 1 amide bonds. The Morgan fingerprint density at radius 3 is 2.21 bits per heavy atom. The maximum Gasteiger partial charge on any atom is 0.253 e. The molecule has 2 aliphatic heterocycles. The Labute approximate surface area is 231 Å². The van der Waals surface area contributed by atoms with Gasteiger partial charge in [-0.1, -0.05) is 31.0 Å². The molecule has 2 heterocycles. The van der Waals surface area contributed by atoms with E-state index in [0.717, 1.165) is 55.5 Å². The first-order valence-corrected chi connectivity index (χ1v) is 14.5. The lowest BCUT2D eigenvalue weighted by molar-refractivity contribution is 0.0746. The number of carbonyl (C=O) groups excluding carboxylic acids is 1. The summed E-state index contributed by atoms with van der Waals surface area (Å²) in [5, 5.41) is 0. The van der Waals surface area contributed by atoms with Crippen molar-refractivity contribution in [2.24, 2.45) is 0 Å². The number of piperazine rings is 1. The van der Waals surface area contributed by atoms with Crippen molar-refractivity contribution in [3.8, 4) is 5.75 Å². The van der Waals surface area contributed by atoms with E-state index in [2.05, 4.69) is 28.0 Å². The van der Waals surface area contributed by atoms with Gasteiger partial charge in [0.25, 0.3) is 5.91 Å². The lowest BCUT2D eigenvalue weighted by Crippen LogP contribution is -2.48. The van der Waals surface area contributed by atoms with Crippen LogP contribution in [0.4, 0.5) is 10.1 Å². The fourth-order valence-corrected chi connectivity index (χ4v) is 6.36. The topological polar surface area (TPSA) is 36.0 Å². The maximum atomic E-state index is 13.2. The van der Waals surface area contributed by atoms with Crippen LogP contribution >= 0.6 is 0 Å². The van der Waals surface area contributed by atoms with E-state index in [0.29, 0.717) is 25.3 Å². The van der Waals surface area contributed by atoms with Crippen molar-refractivity contribution < 1.29 is 13.9 Å². The second kappa shape index (κ2) is 11.8. The molecule has 5 nitrogen and oxygen atoms in total. The Kier molecular flexibility index (Phi) is 7.82. The van der Waals surface area contributed by atoms with E-state index in [-0.39, 0.29) is 11.7 Å². The predicted molar refractivity (Wildman–Crippen MR) is 153 cm³/mol.